The lowest BCUT2D eigenvalue weighted by Crippen LogP contribution is -2.27. The Morgan fingerprint density at radius 2 is 2.12 bits per heavy atom. The van der Waals surface area contributed by atoms with Crippen molar-refractivity contribution in [3.63, 3.8) is 0 Å². The molecule has 0 radical (unpaired) electrons. The monoisotopic (exact) mass is 285 g/mol. The van der Waals surface area contributed by atoms with Crippen LogP contribution in [0.5, 0.6) is 0 Å². The maximum atomic E-state index is 5.14. The SMILES string of the molecule is CCN(CCOC)c1ccc(C)cc1CBr. The number of rotatable bonds is 6. The van der Waals surface area contributed by atoms with Gasteiger partial charge in [0.2, 0.25) is 0 Å². The quantitative estimate of drug-likeness (QED) is 0.743. The molecule has 90 valence electrons. The van der Waals surface area contributed by atoms with Crippen LogP contribution in [0.2, 0.25) is 0 Å². The van der Waals surface area contributed by atoms with Crippen LogP contribution in [0.3, 0.4) is 0 Å². The van der Waals surface area contributed by atoms with Gasteiger partial charge in [0.25, 0.3) is 0 Å². The molecule has 0 saturated heterocycles. The Kier molecular flexibility index (Phi) is 5.85. The molecule has 0 N–H and O–H groups in total. The van der Waals surface area contributed by atoms with Crippen molar-refractivity contribution in [2.24, 2.45) is 0 Å². The summed E-state index contributed by atoms with van der Waals surface area (Å²) in [5, 5.41) is 0.896. The fourth-order valence-electron chi connectivity index (χ4n) is 1.78. The smallest absolute Gasteiger partial charge is 0.0637 e. The van der Waals surface area contributed by atoms with Gasteiger partial charge in [0, 0.05) is 31.2 Å². The predicted molar refractivity (Wildman–Crippen MR) is 73.6 cm³/mol. The van der Waals surface area contributed by atoms with Crippen LogP contribution < -0.4 is 4.90 Å². The molecule has 0 amide bonds. The van der Waals surface area contributed by atoms with Gasteiger partial charge in [-0.05, 0) is 25.5 Å². The molecular weight excluding hydrogens is 266 g/mol. The lowest BCUT2D eigenvalue weighted by Gasteiger charge is -2.25. The van der Waals surface area contributed by atoms with Crippen molar-refractivity contribution in [3.05, 3.63) is 29.3 Å². The van der Waals surface area contributed by atoms with Crippen LogP contribution in [0, 0.1) is 6.92 Å². The zero-order valence-corrected chi connectivity index (χ0v) is 11.9. The normalized spacial score (nSPS) is 10.5. The molecule has 1 aromatic rings. The third-order valence-electron chi connectivity index (χ3n) is 2.67. The number of methoxy groups -OCH3 is 1. The highest BCUT2D eigenvalue weighted by Crippen LogP contribution is 2.24. The van der Waals surface area contributed by atoms with Crippen LogP contribution in [0.25, 0.3) is 0 Å². The maximum absolute atomic E-state index is 5.14. The third-order valence-corrected chi connectivity index (χ3v) is 3.27. The van der Waals surface area contributed by atoms with Crippen LogP contribution in [-0.4, -0.2) is 26.8 Å². The molecule has 0 aliphatic heterocycles. The number of likely N-dealkylation sites (N-methyl/N-ethyl adjacent to an activating group) is 1. The molecule has 0 spiro atoms. The van der Waals surface area contributed by atoms with Crippen LogP contribution in [-0.2, 0) is 10.1 Å². The average Bonchev–Trinajstić information content (AvgIpc) is 2.31. The van der Waals surface area contributed by atoms with Crippen molar-refractivity contribution in [3.8, 4) is 0 Å². The molecule has 0 bridgehead atoms. The number of alkyl halides is 1. The van der Waals surface area contributed by atoms with Crippen molar-refractivity contribution in [1.82, 2.24) is 0 Å². The summed E-state index contributed by atoms with van der Waals surface area (Å²) < 4.78 is 5.14. The van der Waals surface area contributed by atoms with Crippen LogP contribution >= 0.6 is 15.9 Å². The van der Waals surface area contributed by atoms with Gasteiger partial charge in [-0.2, -0.15) is 0 Å². The summed E-state index contributed by atoms with van der Waals surface area (Å²) in [6.07, 6.45) is 0. The van der Waals surface area contributed by atoms with Gasteiger partial charge in [0.1, 0.15) is 0 Å². The average molecular weight is 286 g/mol. The van der Waals surface area contributed by atoms with E-state index < -0.39 is 0 Å². The number of ether oxygens (including phenoxy) is 1. The van der Waals surface area contributed by atoms with Crippen LogP contribution in [0.4, 0.5) is 5.69 Å². The maximum Gasteiger partial charge on any atom is 0.0637 e. The van der Waals surface area contributed by atoms with Crippen molar-refractivity contribution in [1.29, 1.82) is 0 Å². The van der Waals surface area contributed by atoms with E-state index in [9.17, 15) is 0 Å². The fourth-order valence-corrected chi connectivity index (χ4v) is 2.23. The van der Waals surface area contributed by atoms with Crippen molar-refractivity contribution < 1.29 is 4.74 Å². The first-order valence-electron chi connectivity index (χ1n) is 5.62. The molecule has 0 fully saturated rings. The van der Waals surface area contributed by atoms with Crippen molar-refractivity contribution in [2.45, 2.75) is 19.2 Å². The second-order valence-corrected chi connectivity index (χ2v) is 4.40. The van der Waals surface area contributed by atoms with Gasteiger partial charge < -0.3 is 9.64 Å². The Morgan fingerprint density at radius 1 is 1.38 bits per heavy atom. The van der Waals surface area contributed by atoms with Gasteiger partial charge in [-0.25, -0.2) is 0 Å². The molecule has 0 unspecified atom stereocenters. The minimum atomic E-state index is 0.767. The topological polar surface area (TPSA) is 12.5 Å². The first-order chi connectivity index (χ1) is 7.72. The minimum Gasteiger partial charge on any atom is -0.383 e. The molecule has 1 rings (SSSR count). The number of halogens is 1. The number of benzene rings is 1. The van der Waals surface area contributed by atoms with Gasteiger partial charge in [-0.1, -0.05) is 33.6 Å². The van der Waals surface area contributed by atoms with Gasteiger partial charge in [-0.15, -0.1) is 0 Å². The third kappa shape index (κ3) is 3.49. The minimum absolute atomic E-state index is 0.767. The summed E-state index contributed by atoms with van der Waals surface area (Å²) in [5.41, 5.74) is 3.96. The fraction of sp³-hybridized carbons (Fsp3) is 0.538. The Labute approximate surface area is 107 Å². The summed E-state index contributed by atoms with van der Waals surface area (Å²) in [6.45, 7) is 7.01. The molecule has 0 saturated carbocycles. The highest BCUT2D eigenvalue weighted by molar-refractivity contribution is 9.08. The van der Waals surface area contributed by atoms with Crippen molar-refractivity contribution >= 4 is 21.6 Å². The summed E-state index contributed by atoms with van der Waals surface area (Å²) in [6, 6.07) is 6.60. The number of hydrogen-bond acceptors (Lipinski definition) is 2. The standard InChI is InChI=1S/C13H20BrNO/c1-4-15(7-8-16-3)13-6-5-11(2)9-12(13)10-14/h5-6,9H,4,7-8,10H2,1-3H3. The lowest BCUT2D eigenvalue weighted by molar-refractivity contribution is 0.205. The molecule has 0 aromatic heterocycles. The van der Waals surface area contributed by atoms with E-state index >= 15 is 0 Å². The molecule has 2 nitrogen and oxygen atoms in total. The highest BCUT2D eigenvalue weighted by atomic mass is 79.9. The summed E-state index contributed by atoms with van der Waals surface area (Å²) in [4.78, 5) is 2.35. The van der Waals surface area contributed by atoms with E-state index in [1.165, 1.54) is 16.8 Å². The van der Waals surface area contributed by atoms with E-state index in [0.29, 0.717) is 0 Å². The summed E-state index contributed by atoms with van der Waals surface area (Å²) in [5.74, 6) is 0. The highest BCUT2D eigenvalue weighted by Gasteiger charge is 2.08. The van der Waals surface area contributed by atoms with Gasteiger partial charge in [-0.3, -0.25) is 0 Å². The van der Waals surface area contributed by atoms with Gasteiger partial charge in [0.15, 0.2) is 0 Å². The molecule has 0 atom stereocenters. The Balaban J connectivity index is 2.90. The lowest BCUT2D eigenvalue weighted by atomic mass is 10.1. The Morgan fingerprint density at radius 3 is 2.69 bits per heavy atom. The Hall–Kier alpha value is -0.540. The Bertz CT molecular complexity index is 328. The van der Waals surface area contributed by atoms with Crippen molar-refractivity contribution in [2.75, 3.05) is 31.7 Å². The zero-order valence-electron chi connectivity index (χ0n) is 10.3. The number of aryl methyl sites for hydroxylation is 1. The number of anilines is 1. The number of hydrogen-bond donors (Lipinski definition) is 0. The molecule has 3 heteroatoms. The summed E-state index contributed by atoms with van der Waals surface area (Å²) in [7, 11) is 1.74. The zero-order chi connectivity index (χ0) is 12.0. The van der Waals surface area contributed by atoms with Gasteiger partial charge >= 0.3 is 0 Å². The molecule has 1 aromatic carbocycles. The second-order valence-electron chi connectivity index (χ2n) is 3.84. The second kappa shape index (κ2) is 6.92. The first kappa shape index (κ1) is 13.5. The van der Waals surface area contributed by atoms with E-state index in [2.05, 4.69) is 52.9 Å². The molecule has 16 heavy (non-hydrogen) atoms. The van der Waals surface area contributed by atoms with E-state index in [0.717, 1.165) is 25.0 Å². The summed E-state index contributed by atoms with van der Waals surface area (Å²) >= 11 is 3.55. The van der Waals surface area contributed by atoms with Gasteiger partial charge in [0.05, 0.1) is 6.61 Å². The first-order valence-corrected chi connectivity index (χ1v) is 6.74. The largest absolute Gasteiger partial charge is 0.383 e. The number of nitrogens with zero attached hydrogens (tertiary/aromatic N) is 1. The molecule has 0 heterocycles. The van der Waals surface area contributed by atoms with E-state index in [-0.39, 0.29) is 0 Å². The van der Waals surface area contributed by atoms with E-state index in [1.54, 1.807) is 7.11 Å². The molecular formula is C13H20BrNO. The van der Waals surface area contributed by atoms with E-state index in [4.69, 9.17) is 4.74 Å². The van der Waals surface area contributed by atoms with E-state index in [1.807, 2.05) is 0 Å². The molecule has 0 aliphatic carbocycles. The predicted octanol–water partition coefficient (Wildman–Crippen LogP) is 3.36. The molecule has 0 aliphatic rings. The van der Waals surface area contributed by atoms with Crippen LogP contribution in [0.1, 0.15) is 18.1 Å². The van der Waals surface area contributed by atoms with Crippen LogP contribution in [0.15, 0.2) is 18.2 Å².